The van der Waals surface area contributed by atoms with Crippen LogP contribution in [-0.4, -0.2) is 36.4 Å². The van der Waals surface area contributed by atoms with Gasteiger partial charge in [-0.15, -0.1) is 0 Å². The van der Waals surface area contributed by atoms with Crippen molar-refractivity contribution in [2.24, 2.45) is 11.8 Å². The molecule has 0 aliphatic rings. The summed E-state index contributed by atoms with van der Waals surface area (Å²) in [5, 5.41) is -1.65. The van der Waals surface area contributed by atoms with Crippen LogP contribution in [0.15, 0.2) is 0 Å². The van der Waals surface area contributed by atoms with E-state index in [1.807, 2.05) is 13.8 Å². The van der Waals surface area contributed by atoms with Crippen LogP contribution in [-0.2, 0) is 20.2 Å². The largest absolute Gasteiger partial charge is 0.285 e. The van der Waals surface area contributed by atoms with Crippen molar-refractivity contribution in [3.63, 3.8) is 0 Å². The number of hydrogen-bond acceptors (Lipinski definition) is 4. The third-order valence-electron chi connectivity index (χ3n) is 4.28. The molecule has 0 amide bonds. The summed E-state index contributed by atoms with van der Waals surface area (Å²) < 4.78 is 63.5. The molecule has 4 atom stereocenters. The van der Waals surface area contributed by atoms with Crippen LogP contribution in [0.2, 0.25) is 0 Å². The summed E-state index contributed by atoms with van der Waals surface area (Å²) in [6.07, 6.45) is 1.91. The molecule has 128 valence electrons. The molecule has 0 aromatic heterocycles. The zero-order valence-corrected chi connectivity index (χ0v) is 14.8. The van der Waals surface area contributed by atoms with Gasteiger partial charge in [0.25, 0.3) is 20.2 Å². The zero-order valence-electron chi connectivity index (χ0n) is 13.2. The zero-order chi connectivity index (χ0) is 16.8. The molecule has 0 saturated carbocycles. The van der Waals surface area contributed by atoms with Crippen LogP contribution >= 0.6 is 0 Å². The second-order valence-electron chi connectivity index (χ2n) is 5.71. The van der Waals surface area contributed by atoms with Crippen molar-refractivity contribution < 1.29 is 25.9 Å². The van der Waals surface area contributed by atoms with Gasteiger partial charge in [-0.1, -0.05) is 34.1 Å². The molecule has 21 heavy (non-hydrogen) atoms. The standard InChI is InChI=1S/C13H28O6S2/c1-5-11(9-13(7-3)21(17,18)19)10(4)8-12(6-2)20(14,15)16/h10-13H,5-9H2,1-4H3,(H,14,15,16)(H,17,18,19). The fourth-order valence-corrected chi connectivity index (χ4v) is 4.62. The first-order chi connectivity index (χ1) is 9.47. The molecule has 0 aromatic rings. The van der Waals surface area contributed by atoms with Gasteiger partial charge in [0.2, 0.25) is 0 Å². The predicted octanol–water partition coefficient (Wildman–Crippen LogP) is 2.76. The Morgan fingerprint density at radius 1 is 0.762 bits per heavy atom. The topological polar surface area (TPSA) is 109 Å². The molecule has 0 radical (unpaired) electrons. The van der Waals surface area contributed by atoms with E-state index >= 15 is 0 Å². The van der Waals surface area contributed by atoms with Gasteiger partial charge in [0, 0.05) is 0 Å². The summed E-state index contributed by atoms with van der Waals surface area (Å²) in [4.78, 5) is 0. The van der Waals surface area contributed by atoms with Gasteiger partial charge in [-0.25, -0.2) is 0 Å². The molecule has 6 nitrogen and oxygen atoms in total. The fourth-order valence-electron chi connectivity index (χ4n) is 2.74. The van der Waals surface area contributed by atoms with Crippen molar-refractivity contribution in [3.05, 3.63) is 0 Å². The first-order valence-corrected chi connectivity index (χ1v) is 10.4. The Bertz CT molecular complexity index is 497. The van der Waals surface area contributed by atoms with E-state index in [2.05, 4.69) is 0 Å². The van der Waals surface area contributed by atoms with Crippen LogP contribution in [0.4, 0.5) is 0 Å². The highest BCUT2D eigenvalue weighted by atomic mass is 32.2. The van der Waals surface area contributed by atoms with Crippen LogP contribution < -0.4 is 0 Å². The van der Waals surface area contributed by atoms with E-state index in [4.69, 9.17) is 0 Å². The van der Waals surface area contributed by atoms with Crippen LogP contribution in [0.3, 0.4) is 0 Å². The highest BCUT2D eigenvalue weighted by Gasteiger charge is 2.30. The van der Waals surface area contributed by atoms with Gasteiger partial charge >= 0.3 is 0 Å². The minimum atomic E-state index is -4.08. The highest BCUT2D eigenvalue weighted by molar-refractivity contribution is 7.86. The molecule has 8 heteroatoms. The summed E-state index contributed by atoms with van der Waals surface area (Å²) >= 11 is 0. The van der Waals surface area contributed by atoms with Crippen LogP contribution in [0.5, 0.6) is 0 Å². The third-order valence-corrected chi connectivity index (χ3v) is 7.02. The van der Waals surface area contributed by atoms with E-state index in [-0.39, 0.29) is 18.3 Å². The second-order valence-corrected chi connectivity index (χ2v) is 9.10. The average Bonchev–Trinajstić information content (AvgIpc) is 2.33. The third kappa shape index (κ3) is 7.08. The van der Waals surface area contributed by atoms with Crippen molar-refractivity contribution >= 4 is 20.2 Å². The normalized spacial score (nSPS) is 19.0. The predicted molar refractivity (Wildman–Crippen MR) is 83.4 cm³/mol. The summed E-state index contributed by atoms with van der Waals surface area (Å²) in [6, 6.07) is 0. The minimum Gasteiger partial charge on any atom is -0.285 e. The van der Waals surface area contributed by atoms with Crippen LogP contribution in [0.1, 0.15) is 59.8 Å². The molecule has 0 rings (SSSR count). The Morgan fingerprint density at radius 2 is 1.14 bits per heavy atom. The smallest absolute Gasteiger partial charge is 0.267 e. The summed E-state index contributed by atoms with van der Waals surface area (Å²) in [5.41, 5.74) is 0. The molecule has 0 bridgehead atoms. The molecule has 0 heterocycles. The van der Waals surface area contributed by atoms with E-state index in [0.717, 1.165) is 0 Å². The Labute approximate surface area is 128 Å². The molecular formula is C13H28O6S2. The van der Waals surface area contributed by atoms with Crippen molar-refractivity contribution in [1.82, 2.24) is 0 Å². The molecule has 4 unspecified atom stereocenters. The maximum atomic E-state index is 11.3. The van der Waals surface area contributed by atoms with Gasteiger partial charge in [-0.2, -0.15) is 16.8 Å². The molecule has 0 aliphatic heterocycles. The second kappa shape index (κ2) is 8.45. The van der Waals surface area contributed by atoms with E-state index in [0.29, 0.717) is 25.7 Å². The lowest BCUT2D eigenvalue weighted by molar-refractivity contribution is 0.289. The van der Waals surface area contributed by atoms with Gasteiger partial charge in [-0.3, -0.25) is 9.11 Å². The van der Waals surface area contributed by atoms with Crippen molar-refractivity contribution in [2.45, 2.75) is 70.3 Å². The lowest BCUT2D eigenvalue weighted by Gasteiger charge is -2.27. The Kier molecular flexibility index (Phi) is 8.38. The van der Waals surface area contributed by atoms with E-state index in [1.54, 1.807) is 13.8 Å². The number of hydrogen-bond donors (Lipinski definition) is 2. The van der Waals surface area contributed by atoms with Crippen LogP contribution in [0.25, 0.3) is 0 Å². The summed E-state index contributed by atoms with van der Waals surface area (Å²) in [6.45, 7) is 7.16. The van der Waals surface area contributed by atoms with Crippen LogP contribution in [0, 0.1) is 11.8 Å². The lowest BCUT2D eigenvalue weighted by atomic mass is 9.84. The Morgan fingerprint density at radius 3 is 1.43 bits per heavy atom. The van der Waals surface area contributed by atoms with Gasteiger partial charge in [0.1, 0.15) is 0 Å². The average molecular weight is 344 g/mol. The molecule has 0 fully saturated rings. The lowest BCUT2D eigenvalue weighted by Crippen LogP contribution is -2.29. The molecule has 0 spiro atoms. The first-order valence-electron chi connectivity index (χ1n) is 7.39. The highest BCUT2D eigenvalue weighted by Crippen LogP contribution is 2.30. The summed E-state index contributed by atoms with van der Waals surface area (Å²) in [5.74, 6) is -0.0784. The molecule has 0 aliphatic carbocycles. The molecular weight excluding hydrogens is 316 g/mol. The first kappa shape index (κ1) is 20.8. The summed E-state index contributed by atoms with van der Waals surface area (Å²) in [7, 11) is -8.17. The monoisotopic (exact) mass is 344 g/mol. The minimum absolute atomic E-state index is 0.0207. The maximum Gasteiger partial charge on any atom is 0.267 e. The van der Waals surface area contributed by atoms with Gasteiger partial charge in [0.05, 0.1) is 10.5 Å². The van der Waals surface area contributed by atoms with Gasteiger partial charge in [0.15, 0.2) is 0 Å². The Balaban J connectivity index is 4.95. The molecule has 0 aromatic carbocycles. The van der Waals surface area contributed by atoms with Crippen molar-refractivity contribution in [2.75, 3.05) is 0 Å². The van der Waals surface area contributed by atoms with Gasteiger partial charge in [-0.05, 0) is 37.5 Å². The fraction of sp³-hybridized carbons (Fsp3) is 1.00. The molecule has 2 N–H and O–H groups in total. The van der Waals surface area contributed by atoms with E-state index < -0.39 is 30.7 Å². The Hall–Kier alpha value is -0.180. The van der Waals surface area contributed by atoms with E-state index in [9.17, 15) is 25.9 Å². The SMILES string of the molecule is CCC(CC(CC)S(=O)(=O)O)C(C)CC(CC)S(=O)(=O)O. The van der Waals surface area contributed by atoms with Crippen molar-refractivity contribution in [3.8, 4) is 0 Å². The van der Waals surface area contributed by atoms with Gasteiger partial charge < -0.3 is 0 Å². The number of rotatable bonds is 10. The quantitative estimate of drug-likeness (QED) is 0.590. The van der Waals surface area contributed by atoms with Crippen molar-refractivity contribution in [1.29, 1.82) is 0 Å². The maximum absolute atomic E-state index is 11.3. The van der Waals surface area contributed by atoms with E-state index in [1.165, 1.54) is 0 Å². The molecule has 0 saturated heterocycles.